The third-order valence-corrected chi connectivity index (χ3v) is 0. The molecule has 40 valence electrons. The van der Waals surface area contributed by atoms with Gasteiger partial charge in [-0.05, 0) is 0 Å². The van der Waals surface area contributed by atoms with Crippen LogP contribution in [0.1, 0.15) is 0 Å². The van der Waals surface area contributed by atoms with E-state index in [2.05, 4.69) is 0 Å². The van der Waals surface area contributed by atoms with Crippen LogP contribution in [-0.4, -0.2) is 0 Å². The van der Waals surface area contributed by atoms with Gasteiger partial charge in [-0.2, -0.15) is 0 Å². The van der Waals surface area contributed by atoms with Crippen LogP contribution in [0, 0.1) is 0 Å². The van der Waals surface area contributed by atoms with Gasteiger partial charge in [-0.25, -0.2) is 0 Å². The zero-order valence-corrected chi connectivity index (χ0v) is 3.97. The minimum absolute atomic E-state index is 0. The fourth-order valence-corrected chi connectivity index (χ4v) is 0. The SMILES string of the molecule is [Co+2].[Co].[O-2].[O-2].[O-2]. The van der Waals surface area contributed by atoms with Gasteiger partial charge in [-0.15, -0.1) is 0 Å². The zero-order valence-electron chi connectivity index (χ0n) is 1.89. The second-order valence-electron chi connectivity index (χ2n) is 0. The first-order valence-corrected chi connectivity index (χ1v) is 0. The van der Waals surface area contributed by atoms with Crippen molar-refractivity contribution >= 4 is 0 Å². The predicted octanol–water partition coefficient (Wildman–Crippen LogP) is -0.361. The van der Waals surface area contributed by atoms with E-state index in [9.17, 15) is 0 Å². The summed E-state index contributed by atoms with van der Waals surface area (Å²) < 4.78 is 0. The van der Waals surface area contributed by atoms with Crippen LogP contribution in [0.3, 0.4) is 0 Å². The Morgan fingerprint density at radius 2 is 0.600 bits per heavy atom. The van der Waals surface area contributed by atoms with Crippen molar-refractivity contribution in [3.8, 4) is 0 Å². The van der Waals surface area contributed by atoms with Crippen molar-refractivity contribution in [2.75, 3.05) is 0 Å². The molecule has 0 aromatic rings. The van der Waals surface area contributed by atoms with Gasteiger partial charge >= 0.3 is 16.8 Å². The van der Waals surface area contributed by atoms with Crippen molar-refractivity contribution in [1.29, 1.82) is 0 Å². The predicted molar refractivity (Wildman–Crippen MR) is 2.06 cm³/mol. The van der Waals surface area contributed by atoms with Gasteiger partial charge in [0.2, 0.25) is 0 Å². The van der Waals surface area contributed by atoms with Gasteiger partial charge in [0.15, 0.2) is 0 Å². The molecule has 0 aromatic heterocycles. The van der Waals surface area contributed by atoms with Crippen molar-refractivity contribution in [1.82, 2.24) is 0 Å². The van der Waals surface area contributed by atoms with Gasteiger partial charge in [-0.1, -0.05) is 0 Å². The molecule has 0 unspecified atom stereocenters. The van der Waals surface area contributed by atoms with Crippen LogP contribution >= 0.6 is 0 Å². The summed E-state index contributed by atoms with van der Waals surface area (Å²) in [5.74, 6) is 0. The molecular weight excluding hydrogens is 166 g/mol. The quantitative estimate of drug-likeness (QED) is 0.470. The van der Waals surface area contributed by atoms with Crippen molar-refractivity contribution in [3.05, 3.63) is 0 Å². The number of rotatable bonds is 0. The Kier molecular flexibility index (Phi) is 3290. The van der Waals surface area contributed by atoms with Crippen molar-refractivity contribution in [2.45, 2.75) is 0 Å². The normalized spacial score (nSPS) is 0. The molecule has 0 N–H and O–H groups in total. The first kappa shape index (κ1) is 177. The van der Waals surface area contributed by atoms with Crippen LogP contribution < -0.4 is 0 Å². The Hall–Kier alpha value is 0.893. The Balaban J connectivity index is 0. The second-order valence-corrected chi connectivity index (χ2v) is 0. The number of hydrogen-bond donors (Lipinski definition) is 0. The van der Waals surface area contributed by atoms with Gasteiger partial charge in [-0.3, -0.25) is 0 Å². The van der Waals surface area contributed by atoms with E-state index in [1.54, 1.807) is 0 Å². The van der Waals surface area contributed by atoms with E-state index in [4.69, 9.17) is 0 Å². The zero-order chi connectivity index (χ0) is 0. The van der Waals surface area contributed by atoms with Gasteiger partial charge in [0, 0.05) is 16.8 Å². The topological polar surface area (TPSA) is 85.5 Å². The monoisotopic (exact) mass is 166 g/mol. The van der Waals surface area contributed by atoms with Crippen LogP contribution in [0.5, 0.6) is 0 Å². The summed E-state index contributed by atoms with van der Waals surface area (Å²) in [5, 5.41) is 0. The molecule has 3 nitrogen and oxygen atoms in total. The Labute approximate surface area is 50.5 Å². The summed E-state index contributed by atoms with van der Waals surface area (Å²) >= 11 is 0. The van der Waals surface area contributed by atoms with E-state index >= 15 is 0 Å². The smallest absolute Gasteiger partial charge is 2.00 e. The first-order valence-electron chi connectivity index (χ1n) is 0. The van der Waals surface area contributed by atoms with Gasteiger partial charge in [0.1, 0.15) is 0 Å². The van der Waals surface area contributed by atoms with Crippen molar-refractivity contribution in [2.24, 2.45) is 0 Å². The molecule has 5 heteroatoms. The Bertz CT molecular complexity index is 4.85. The summed E-state index contributed by atoms with van der Waals surface area (Å²) in [5.41, 5.74) is 0. The van der Waals surface area contributed by atoms with Crippen LogP contribution in [0.4, 0.5) is 0 Å². The molecule has 0 heterocycles. The molecule has 0 amide bonds. The molecule has 0 atom stereocenters. The molecular formula is Co2O3-4. The Morgan fingerprint density at radius 1 is 0.600 bits per heavy atom. The largest absolute Gasteiger partial charge is 2.00 e. The molecule has 0 saturated carbocycles. The Morgan fingerprint density at radius 3 is 0.600 bits per heavy atom. The van der Waals surface area contributed by atoms with E-state index in [-0.39, 0.29) is 50.0 Å². The maximum atomic E-state index is 0. The average Bonchev–Trinajstić information content (AvgIpc) is 0. The van der Waals surface area contributed by atoms with E-state index in [0.29, 0.717) is 0 Å². The molecule has 0 bridgehead atoms. The summed E-state index contributed by atoms with van der Waals surface area (Å²) in [6.07, 6.45) is 0. The summed E-state index contributed by atoms with van der Waals surface area (Å²) in [6.45, 7) is 0. The maximum Gasteiger partial charge on any atom is 2.00 e. The third-order valence-electron chi connectivity index (χ3n) is 0. The summed E-state index contributed by atoms with van der Waals surface area (Å²) in [7, 11) is 0. The second kappa shape index (κ2) is 93.0. The molecule has 0 spiro atoms. The molecule has 0 fully saturated rings. The van der Waals surface area contributed by atoms with Crippen LogP contribution in [0.2, 0.25) is 0 Å². The van der Waals surface area contributed by atoms with Crippen LogP contribution in [-0.2, 0) is 50.0 Å². The molecule has 0 saturated heterocycles. The molecule has 0 aromatic carbocycles. The summed E-state index contributed by atoms with van der Waals surface area (Å²) in [4.78, 5) is 0. The third kappa shape index (κ3) is 51.4. The fourth-order valence-electron chi connectivity index (χ4n) is 0. The van der Waals surface area contributed by atoms with E-state index < -0.39 is 0 Å². The average molecular weight is 166 g/mol. The molecule has 2 radical (unpaired) electrons. The van der Waals surface area contributed by atoms with Crippen molar-refractivity contribution in [3.63, 3.8) is 0 Å². The molecule has 0 aliphatic rings. The number of hydrogen-bond acceptors (Lipinski definition) is 0. The molecule has 0 rings (SSSR count). The van der Waals surface area contributed by atoms with Crippen molar-refractivity contribution < 1.29 is 50.0 Å². The molecule has 5 heavy (non-hydrogen) atoms. The van der Waals surface area contributed by atoms with Gasteiger partial charge in [0.25, 0.3) is 0 Å². The van der Waals surface area contributed by atoms with Gasteiger partial charge in [0.05, 0.1) is 0 Å². The van der Waals surface area contributed by atoms with Gasteiger partial charge < -0.3 is 16.4 Å². The minimum atomic E-state index is 0. The maximum absolute atomic E-state index is 0. The minimum Gasteiger partial charge on any atom is -2.00 e. The van der Waals surface area contributed by atoms with E-state index in [0.717, 1.165) is 0 Å². The van der Waals surface area contributed by atoms with E-state index in [1.165, 1.54) is 0 Å². The van der Waals surface area contributed by atoms with Crippen LogP contribution in [0.25, 0.3) is 0 Å². The standard InChI is InChI=1S/2Co.3O/q;+2;3*-2. The summed E-state index contributed by atoms with van der Waals surface area (Å²) in [6, 6.07) is 0. The molecule has 0 aliphatic carbocycles. The first-order chi connectivity index (χ1) is 0. The molecule has 0 aliphatic heterocycles. The van der Waals surface area contributed by atoms with Crippen LogP contribution in [0.15, 0.2) is 0 Å². The fraction of sp³-hybridized carbons (Fsp3) is 0. The van der Waals surface area contributed by atoms with E-state index in [1.807, 2.05) is 0 Å².